The first-order chi connectivity index (χ1) is 33.3. The van der Waals surface area contributed by atoms with Gasteiger partial charge >= 0.3 is 0 Å². The van der Waals surface area contributed by atoms with Crippen LogP contribution in [0.15, 0.2) is 72.8 Å². The smallest absolute Gasteiger partial charge is 0.261 e. The van der Waals surface area contributed by atoms with E-state index in [0.29, 0.717) is 87.8 Å². The van der Waals surface area contributed by atoms with Crippen LogP contribution in [-0.2, 0) is 140 Å². The molecule has 1 spiro atoms. The number of fused-ring (bicyclic) bond motifs is 5. The van der Waals surface area contributed by atoms with Crippen LogP contribution in [0, 0.1) is 0 Å². The van der Waals surface area contributed by atoms with Crippen LogP contribution >= 0.6 is 113 Å². The van der Waals surface area contributed by atoms with Crippen LogP contribution in [-0.4, -0.2) is 120 Å². The first kappa shape index (κ1) is 82.0. The Morgan fingerprint density at radius 1 is 0.519 bits per heavy atom. The van der Waals surface area contributed by atoms with Crippen molar-refractivity contribution in [1.29, 1.82) is 0 Å². The van der Waals surface area contributed by atoms with Crippen molar-refractivity contribution in [1.82, 2.24) is 14.7 Å². The maximum absolute atomic E-state index is 12.3. The van der Waals surface area contributed by atoms with Crippen molar-refractivity contribution in [3.63, 3.8) is 0 Å². The maximum Gasteiger partial charge on any atom is 0.261 e. The normalized spacial score (nSPS) is 20.4. The van der Waals surface area contributed by atoms with Crippen LogP contribution in [0.1, 0.15) is 112 Å². The summed E-state index contributed by atoms with van der Waals surface area (Å²) >= 11 is 0. The van der Waals surface area contributed by atoms with Gasteiger partial charge in [0, 0.05) is 173 Å². The molecule has 10 rings (SSSR count). The van der Waals surface area contributed by atoms with Gasteiger partial charge in [0.25, 0.3) is 23.6 Å². The van der Waals surface area contributed by atoms with Gasteiger partial charge in [0.1, 0.15) is 0 Å². The number of carbonyl (C=O) groups excluding carboxylic acids is 4. The van der Waals surface area contributed by atoms with Gasteiger partial charge in [-0.2, -0.15) is 0 Å². The van der Waals surface area contributed by atoms with E-state index in [1.165, 1.54) is 9.80 Å². The summed E-state index contributed by atoms with van der Waals surface area (Å²) in [4.78, 5) is 53.4. The van der Waals surface area contributed by atoms with E-state index in [0.717, 1.165) is 30.5 Å². The third-order valence-electron chi connectivity index (χ3n) is 12.5. The molecule has 1 N–H and O–H groups in total. The molecule has 3 aromatic rings. The molecule has 7 aliphatic rings. The number of imide groups is 1. The molecule has 0 bridgehead atoms. The predicted molar refractivity (Wildman–Crippen MR) is 324 cm³/mol. The molecule has 0 aromatic heterocycles. The molecule has 10 unspecified atom stereocenters. The number of hydrogen-bond acceptors (Lipinski definition) is 11. The molecule has 4 fully saturated rings. The number of ether oxygens (including phenoxy) is 6. The second kappa shape index (κ2) is 37.9. The van der Waals surface area contributed by atoms with Crippen LogP contribution in [0.25, 0.3) is 0 Å². The minimum atomic E-state index is -0.867. The van der Waals surface area contributed by atoms with Crippen molar-refractivity contribution in [2.75, 3.05) is 59.3 Å². The summed E-state index contributed by atoms with van der Waals surface area (Å²) in [6, 6.07) is 22.0. The minimum Gasteiger partial charge on any atom is -0.369 e. The fourth-order valence-corrected chi connectivity index (χ4v) is 156. The Kier molecular flexibility index (Phi) is 40.3. The van der Waals surface area contributed by atoms with Crippen LogP contribution in [0.3, 0.4) is 0 Å². The largest absolute Gasteiger partial charge is 0.369 e. The minimum absolute atomic E-state index is 0. The topological polar surface area (TPSA) is 154 Å². The van der Waals surface area contributed by atoms with E-state index in [2.05, 4.69) is 71.4 Å². The SMILES string of the molecule is C.CC1(CCN2C(=O)c3ccccc3C2=O)OCCO1.CC1(CCN2C(=O)c3ccccc3C2O)OCCO1.O=C1c2ccccc2C2CC3(CCN12)OCCO3.PP(P)P(P(P)P)P(P(P)P)P(P)P.[V].[V].[V].[V].[V].[V]. The molecule has 4 amide bonds. The predicted octanol–water partition coefficient (Wildman–Crippen LogP) is 12.8. The average Bonchev–Trinajstić information content (AvgIpc) is 4.21. The van der Waals surface area contributed by atoms with Crippen LogP contribution in [0.4, 0.5) is 0 Å². The summed E-state index contributed by atoms with van der Waals surface area (Å²) in [5.74, 6) is -2.22. The van der Waals surface area contributed by atoms with Gasteiger partial charge in [0.05, 0.1) is 56.8 Å². The Bertz CT molecular complexity index is 2300. The zero-order valence-corrected chi connectivity index (χ0v) is 64.6. The summed E-state index contributed by atoms with van der Waals surface area (Å²) in [6.07, 6.45) is 1.70. The molecule has 6 radical (unpaired) electrons. The van der Waals surface area contributed by atoms with Gasteiger partial charge < -0.3 is 43.3 Å². The number of rotatable bonds is 11. The summed E-state index contributed by atoms with van der Waals surface area (Å²) in [6.45, 7) is 9.47. The number of benzene rings is 3. The number of piperidine rings is 1. The number of hydrogen-bond donors (Lipinski definition) is 1. The van der Waals surface area contributed by atoms with Crippen molar-refractivity contribution in [3.05, 3.63) is 106 Å². The van der Waals surface area contributed by atoms with Crippen molar-refractivity contribution in [2.24, 2.45) is 0 Å². The Hall–Kier alpha value is 4.99. The van der Waals surface area contributed by atoms with Crippen LogP contribution in [0.5, 0.6) is 0 Å². The van der Waals surface area contributed by atoms with Gasteiger partial charge in [-0.1, -0.05) is 56.0 Å². The quantitative estimate of drug-likeness (QED) is 0.144. The first-order valence-corrected chi connectivity index (χ1v) is 46.9. The van der Waals surface area contributed by atoms with Gasteiger partial charge in [0.2, 0.25) is 0 Å². The number of aliphatic hydroxyl groups excluding tert-OH is 1. The molecule has 77 heavy (non-hydrogen) atoms. The Morgan fingerprint density at radius 2 is 0.883 bits per heavy atom. The van der Waals surface area contributed by atoms with Crippen LogP contribution in [0.2, 0.25) is 0 Å². The van der Waals surface area contributed by atoms with Crippen molar-refractivity contribution in [3.8, 4) is 0 Å². The van der Waals surface area contributed by atoms with E-state index in [1.807, 2.05) is 49.1 Å². The van der Waals surface area contributed by atoms with E-state index in [-0.39, 0.29) is 190 Å². The molecule has 0 saturated carbocycles. The summed E-state index contributed by atoms with van der Waals surface area (Å²) in [5, 5.41) is 10.2. The Labute approximate surface area is 551 Å². The fourth-order valence-electron chi connectivity index (χ4n) is 9.04. The number of nitrogens with zero attached hydrogens (tertiary/aromatic N) is 3. The first-order valence-electron chi connectivity index (χ1n) is 22.3. The molecule has 7 aliphatic heterocycles. The van der Waals surface area contributed by atoms with E-state index in [1.54, 1.807) is 42.5 Å². The molecule has 34 heteroatoms. The monoisotopic (exact) mass is 1540 g/mol. The molecule has 0 aliphatic carbocycles. The Balaban J connectivity index is 0.000000978. The van der Waals surface area contributed by atoms with Gasteiger partial charge in [-0.05, 0) is 85.6 Å². The average molecular weight is 1540 g/mol. The fraction of sp³-hybridized carbons (Fsp3) is 0.488. The third-order valence-corrected chi connectivity index (χ3v) is 91.4. The molecule has 420 valence electrons. The molecule has 3 aromatic carbocycles. The van der Waals surface area contributed by atoms with Crippen molar-refractivity contribution < 1.29 is 164 Å². The number of carbonyl (C=O) groups is 4. The van der Waals surface area contributed by atoms with E-state index >= 15 is 0 Å². The van der Waals surface area contributed by atoms with Gasteiger partial charge in [-0.3, -0.25) is 24.1 Å². The van der Waals surface area contributed by atoms with E-state index < -0.39 is 23.6 Å². The van der Waals surface area contributed by atoms with E-state index in [9.17, 15) is 24.3 Å². The zero-order valence-electron chi connectivity index (χ0n) is 41.6. The molecule has 10 atom stereocenters. The van der Waals surface area contributed by atoms with E-state index in [4.69, 9.17) is 28.4 Å². The molecule has 14 nitrogen and oxygen atoms in total. The molecular formula is C43H67N3O11P14V6. The summed E-state index contributed by atoms with van der Waals surface area (Å²) in [7, 11) is 24.4. The van der Waals surface area contributed by atoms with Crippen molar-refractivity contribution >= 4 is 137 Å². The van der Waals surface area contributed by atoms with Gasteiger partial charge in [-0.25, -0.2) is 0 Å². The second-order valence-corrected chi connectivity index (χ2v) is 70.6. The molecule has 4 saturated heterocycles. The molecule has 7 heterocycles. The summed E-state index contributed by atoms with van der Waals surface area (Å²) < 4.78 is 33.5. The van der Waals surface area contributed by atoms with Crippen molar-refractivity contribution in [2.45, 2.75) is 76.6 Å². The third kappa shape index (κ3) is 20.8. The van der Waals surface area contributed by atoms with Gasteiger partial charge in [-0.15, -0.1) is 71.4 Å². The Morgan fingerprint density at radius 3 is 1.30 bits per heavy atom. The second-order valence-electron chi connectivity index (χ2n) is 17.1. The number of amides is 4. The molecular weight excluding hydrogens is 1470 g/mol. The number of aliphatic hydroxyl groups is 1. The standard InChI is InChI=1S/C14H17NO4.C14H15NO4.C14H15NO3.CH4.H16P14.6V/c2*1-14(18-8-9-19-14)6-7-15-12(16)10-4-2-3-5-11(10)13(15)17;16-13-11-4-2-1-3-10(11)12-9-14(5-6-15(12)13)17-7-8-18-14;;1-9(2)13(10(3)4)14(11(5)6)12(7)8;;;;;;/h2-5,12,16H,6-9H2,1H3;2-5H,6-9H2,1H3;1-4,12H,5-9H2;1H4;1-8H2;;;;;;. The summed E-state index contributed by atoms with van der Waals surface area (Å²) in [5.41, 5.74) is 4.18. The van der Waals surface area contributed by atoms with Crippen LogP contribution < -0.4 is 0 Å². The van der Waals surface area contributed by atoms with Gasteiger partial charge in [0.15, 0.2) is 23.6 Å². The maximum atomic E-state index is 12.3. The zero-order chi connectivity index (χ0) is 50.5.